The van der Waals surface area contributed by atoms with Gasteiger partial charge in [-0.25, -0.2) is 4.31 Å². The van der Waals surface area contributed by atoms with Crippen molar-refractivity contribution in [3.05, 3.63) is 29.0 Å². The van der Waals surface area contributed by atoms with Crippen LogP contribution >= 0.6 is 24.4 Å². The van der Waals surface area contributed by atoms with E-state index in [1.807, 2.05) is 23.4 Å². The van der Waals surface area contributed by atoms with E-state index in [1.165, 1.54) is 0 Å². The molecule has 0 amide bonds. The number of pyridine rings is 1. The van der Waals surface area contributed by atoms with Crippen molar-refractivity contribution in [2.45, 2.75) is 13.5 Å². The minimum atomic E-state index is 0.680. The summed E-state index contributed by atoms with van der Waals surface area (Å²) in [5.74, 6) is 0. The van der Waals surface area contributed by atoms with Crippen molar-refractivity contribution in [2.24, 2.45) is 0 Å². The van der Waals surface area contributed by atoms with E-state index >= 15 is 0 Å². The predicted molar refractivity (Wildman–Crippen MR) is 54.3 cm³/mol. The van der Waals surface area contributed by atoms with Gasteiger partial charge in [0, 0.05) is 12.7 Å². The van der Waals surface area contributed by atoms with E-state index in [0.717, 1.165) is 12.2 Å². The second kappa shape index (κ2) is 4.70. The summed E-state index contributed by atoms with van der Waals surface area (Å²) in [5.41, 5.74) is 0.871. The van der Waals surface area contributed by atoms with Crippen LogP contribution in [0, 0.1) is 0 Å². The molecule has 0 aliphatic carbocycles. The molecule has 4 heteroatoms. The fraction of sp³-hybridized carbons (Fsp3) is 0.375. The molecule has 0 unspecified atom stereocenters. The van der Waals surface area contributed by atoms with Gasteiger partial charge in [-0.1, -0.05) is 31.3 Å². The van der Waals surface area contributed by atoms with Gasteiger partial charge in [0.05, 0.1) is 17.3 Å². The highest BCUT2D eigenvalue weighted by molar-refractivity contribution is 7.77. The van der Waals surface area contributed by atoms with Gasteiger partial charge in [-0.3, -0.25) is 4.98 Å². The summed E-state index contributed by atoms with van der Waals surface area (Å²) in [5, 5.41) is 0.699. The average molecular weight is 203 g/mol. The molecule has 0 N–H and O–H groups in total. The molecule has 1 heterocycles. The molecular weight excluding hydrogens is 192 g/mol. The predicted octanol–water partition coefficient (Wildman–Crippen LogP) is 2.40. The van der Waals surface area contributed by atoms with Gasteiger partial charge in [0.25, 0.3) is 0 Å². The highest BCUT2D eigenvalue weighted by atomic mass is 35.5. The van der Waals surface area contributed by atoms with E-state index in [4.69, 9.17) is 11.6 Å². The molecule has 0 spiro atoms. The first kappa shape index (κ1) is 9.84. The van der Waals surface area contributed by atoms with E-state index in [0.29, 0.717) is 11.6 Å². The maximum absolute atomic E-state index is 5.90. The molecule has 0 aromatic carbocycles. The Balaban J connectivity index is 2.69. The summed E-state index contributed by atoms with van der Waals surface area (Å²) < 4.78 is 1.86. The van der Waals surface area contributed by atoms with Crippen molar-refractivity contribution in [1.29, 1.82) is 0 Å². The molecular formula is C8H11ClN2S. The molecule has 0 aliphatic rings. The Morgan fingerprint density at radius 1 is 1.67 bits per heavy atom. The summed E-state index contributed by atoms with van der Waals surface area (Å²) in [4.78, 5) is 4.14. The maximum Gasteiger partial charge on any atom is 0.0739 e. The Labute approximate surface area is 83.1 Å². The van der Waals surface area contributed by atoms with Gasteiger partial charge in [-0.05, 0) is 12.1 Å². The third kappa shape index (κ3) is 2.66. The van der Waals surface area contributed by atoms with Crippen molar-refractivity contribution in [2.75, 3.05) is 6.54 Å². The lowest BCUT2D eigenvalue weighted by Gasteiger charge is -2.11. The van der Waals surface area contributed by atoms with Crippen LogP contribution in [0.15, 0.2) is 18.3 Å². The van der Waals surface area contributed by atoms with Crippen molar-refractivity contribution in [3.8, 4) is 0 Å². The van der Waals surface area contributed by atoms with Crippen molar-refractivity contribution >= 4 is 24.4 Å². The molecule has 0 saturated heterocycles. The molecule has 0 saturated carbocycles. The second-order valence-electron chi connectivity index (χ2n) is 2.41. The average Bonchev–Trinajstić information content (AvgIpc) is 2.09. The zero-order valence-corrected chi connectivity index (χ0v) is 8.52. The molecule has 0 fully saturated rings. The minimum absolute atomic E-state index is 0.680. The van der Waals surface area contributed by atoms with Gasteiger partial charge in [-0.2, -0.15) is 0 Å². The van der Waals surface area contributed by atoms with Crippen LogP contribution in [-0.4, -0.2) is 15.8 Å². The van der Waals surface area contributed by atoms with Crippen molar-refractivity contribution in [3.63, 3.8) is 0 Å². The van der Waals surface area contributed by atoms with Crippen molar-refractivity contribution in [1.82, 2.24) is 9.29 Å². The van der Waals surface area contributed by atoms with Crippen LogP contribution in [-0.2, 0) is 6.54 Å². The highest BCUT2D eigenvalue weighted by Crippen LogP contribution is 2.14. The standard InChI is InChI=1S/C8H11ClN2S/c1-2-11(12)6-8-7(9)4-3-5-10-8/h3-5,12H,2,6H2,1H3. The van der Waals surface area contributed by atoms with E-state index in [-0.39, 0.29) is 0 Å². The molecule has 0 atom stereocenters. The molecule has 1 aromatic heterocycles. The Morgan fingerprint density at radius 2 is 2.42 bits per heavy atom. The fourth-order valence-corrected chi connectivity index (χ4v) is 1.13. The fourth-order valence-electron chi connectivity index (χ4n) is 0.819. The third-order valence-corrected chi connectivity index (χ3v) is 2.30. The number of hydrogen-bond donors (Lipinski definition) is 1. The molecule has 12 heavy (non-hydrogen) atoms. The van der Waals surface area contributed by atoms with E-state index in [1.54, 1.807) is 6.20 Å². The zero-order chi connectivity index (χ0) is 8.97. The molecule has 1 aromatic rings. The zero-order valence-electron chi connectivity index (χ0n) is 6.87. The van der Waals surface area contributed by atoms with Gasteiger partial charge in [0.2, 0.25) is 0 Å². The maximum atomic E-state index is 5.90. The summed E-state index contributed by atoms with van der Waals surface area (Å²) >= 11 is 10.1. The summed E-state index contributed by atoms with van der Waals surface area (Å²) in [6, 6.07) is 3.65. The Hall–Kier alpha value is -0.250. The second-order valence-corrected chi connectivity index (χ2v) is 3.39. The highest BCUT2D eigenvalue weighted by Gasteiger charge is 2.03. The molecule has 0 aliphatic heterocycles. The van der Waals surface area contributed by atoms with Gasteiger partial charge in [0.15, 0.2) is 0 Å². The largest absolute Gasteiger partial charge is 0.258 e. The van der Waals surface area contributed by atoms with Gasteiger partial charge in [0.1, 0.15) is 0 Å². The Kier molecular flexibility index (Phi) is 3.85. The lowest BCUT2D eigenvalue weighted by atomic mass is 10.3. The smallest absolute Gasteiger partial charge is 0.0739 e. The van der Waals surface area contributed by atoms with Crippen molar-refractivity contribution < 1.29 is 0 Å². The lowest BCUT2D eigenvalue weighted by molar-refractivity contribution is 0.492. The first-order chi connectivity index (χ1) is 5.74. The normalized spacial score (nSPS) is 10.7. The number of aromatic nitrogens is 1. The molecule has 0 radical (unpaired) electrons. The first-order valence-corrected chi connectivity index (χ1v) is 4.55. The quantitative estimate of drug-likeness (QED) is 0.758. The van der Waals surface area contributed by atoms with E-state index < -0.39 is 0 Å². The molecule has 0 bridgehead atoms. The van der Waals surface area contributed by atoms with Crippen LogP contribution in [0.3, 0.4) is 0 Å². The SMILES string of the molecule is CCN(S)Cc1ncccc1Cl. The summed E-state index contributed by atoms with van der Waals surface area (Å²) in [6.07, 6.45) is 1.73. The summed E-state index contributed by atoms with van der Waals surface area (Å²) in [7, 11) is 0. The number of nitrogens with zero attached hydrogens (tertiary/aromatic N) is 2. The summed E-state index contributed by atoms with van der Waals surface area (Å²) in [6.45, 7) is 3.58. The molecule has 1 rings (SSSR count). The van der Waals surface area contributed by atoms with Gasteiger partial charge in [-0.15, -0.1) is 0 Å². The van der Waals surface area contributed by atoms with Crippen LogP contribution in [0.2, 0.25) is 5.02 Å². The number of thiol groups is 1. The van der Waals surface area contributed by atoms with Crippen LogP contribution in [0.4, 0.5) is 0 Å². The Morgan fingerprint density at radius 3 is 3.00 bits per heavy atom. The topological polar surface area (TPSA) is 16.1 Å². The van der Waals surface area contributed by atoms with E-state index in [9.17, 15) is 0 Å². The number of halogens is 1. The van der Waals surface area contributed by atoms with Crippen LogP contribution in [0.25, 0.3) is 0 Å². The van der Waals surface area contributed by atoms with Crippen LogP contribution in [0.1, 0.15) is 12.6 Å². The Bertz CT molecular complexity index is 255. The van der Waals surface area contributed by atoms with E-state index in [2.05, 4.69) is 17.8 Å². The number of rotatable bonds is 3. The van der Waals surface area contributed by atoms with Gasteiger partial charge < -0.3 is 0 Å². The van der Waals surface area contributed by atoms with Gasteiger partial charge >= 0.3 is 0 Å². The number of hydrogen-bond acceptors (Lipinski definition) is 3. The monoisotopic (exact) mass is 202 g/mol. The minimum Gasteiger partial charge on any atom is -0.258 e. The molecule has 2 nitrogen and oxygen atoms in total. The van der Waals surface area contributed by atoms with Crippen LogP contribution in [0.5, 0.6) is 0 Å². The molecule has 66 valence electrons. The third-order valence-electron chi connectivity index (χ3n) is 1.53. The first-order valence-electron chi connectivity index (χ1n) is 3.77. The van der Waals surface area contributed by atoms with Crippen LogP contribution < -0.4 is 0 Å². The lowest BCUT2D eigenvalue weighted by Crippen LogP contribution is -2.11.